The number of hydrogen-bond acceptors (Lipinski definition) is 6. The Balaban J connectivity index is 1.33. The number of amides is 1. The number of piperidine rings is 1. The molecule has 2 fully saturated rings. The lowest BCUT2D eigenvalue weighted by molar-refractivity contribution is -0.126. The molecule has 30 heavy (non-hydrogen) atoms. The highest BCUT2D eigenvalue weighted by molar-refractivity contribution is 7.91. The molecule has 2 saturated heterocycles. The Kier molecular flexibility index (Phi) is 6.40. The number of thiophene rings is 1. The van der Waals surface area contributed by atoms with Crippen molar-refractivity contribution >= 4 is 33.1 Å². The maximum absolute atomic E-state index is 12.9. The molecule has 0 unspecified atom stereocenters. The van der Waals surface area contributed by atoms with Gasteiger partial charge < -0.3 is 10.2 Å². The van der Waals surface area contributed by atoms with Crippen molar-refractivity contribution in [3.8, 4) is 0 Å². The van der Waals surface area contributed by atoms with E-state index in [0.717, 1.165) is 29.3 Å². The summed E-state index contributed by atoms with van der Waals surface area (Å²) in [6, 6.07) is 7.47. The zero-order chi connectivity index (χ0) is 21.1. The fourth-order valence-corrected chi connectivity index (χ4v) is 7.00. The molecule has 0 saturated carbocycles. The number of carbonyl (C=O) groups is 1. The van der Waals surface area contributed by atoms with E-state index < -0.39 is 10.0 Å². The summed E-state index contributed by atoms with van der Waals surface area (Å²) in [7, 11) is -3.53. The van der Waals surface area contributed by atoms with Crippen molar-refractivity contribution in [3.63, 3.8) is 0 Å². The van der Waals surface area contributed by atoms with Gasteiger partial charge in [-0.05, 0) is 56.4 Å². The minimum absolute atomic E-state index is 0.0964. The van der Waals surface area contributed by atoms with E-state index in [0.29, 0.717) is 30.1 Å². The summed E-state index contributed by atoms with van der Waals surface area (Å²) < 4.78 is 27.6. The number of anilines is 1. The first-order valence-electron chi connectivity index (χ1n) is 10.5. The second kappa shape index (κ2) is 9.03. The number of rotatable bonds is 6. The van der Waals surface area contributed by atoms with Gasteiger partial charge in [0.1, 0.15) is 10.0 Å². The summed E-state index contributed by atoms with van der Waals surface area (Å²) >= 11 is 1.28. The van der Waals surface area contributed by atoms with E-state index in [4.69, 9.17) is 0 Å². The largest absolute Gasteiger partial charge is 0.357 e. The van der Waals surface area contributed by atoms with Gasteiger partial charge in [0.25, 0.3) is 10.0 Å². The third-order valence-electron chi connectivity index (χ3n) is 5.77. The minimum atomic E-state index is -3.53. The standard InChI is InChI=1S/C21H28N4O3S2/c1-16-6-9-20(29-16)30(27,28)25-12-4-5-18(15-25)21(26)23-14-17-7-8-19(22-13-17)24-10-2-3-11-24/h6-9,13,18H,2-5,10-12,14-15H2,1H3,(H,23,26)/t18-/m0/s1. The van der Waals surface area contributed by atoms with Crippen molar-refractivity contribution in [2.75, 3.05) is 31.1 Å². The molecule has 0 aromatic carbocycles. The highest BCUT2D eigenvalue weighted by Crippen LogP contribution is 2.28. The average Bonchev–Trinajstić information content (AvgIpc) is 3.45. The third-order valence-corrected chi connectivity index (χ3v) is 9.10. The zero-order valence-corrected chi connectivity index (χ0v) is 18.8. The topological polar surface area (TPSA) is 82.6 Å². The van der Waals surface area contributed by atoms with Crippen LogP contribution in [-0.4, -0.2) is 49.8 Å². The Bertz CT molecular complexity index is 982. The number of nitrogens with one attached hydrogen (secondary N) is 1. The van der Waals surface area contributed by atoms with E-state index in [2.05, 4.69) is 15.2 Å². The van der Waals surface area contributed by atoms with Crippen LogP contribution in [0.15, 0.2) is 34.7 Å². The maximum Gasteiger partial charge on any atom is 0.252 e. The fraction of sp³-hybridized carbons (Fsp3) is 0.524. The summed E-state index contributed by atoms with van der Waals surface area (Å²) in [5.41, 5.74) is 0.945. The Morgan fingerprint density at radius 2 is 1.97 bits per heavy atom. The molecule has 4 rings (SSSR count). The van der Waals surface area contributed by atoms with Gasteiger partial charge in [0.05, 0.1) is 5.92 Å². The van der Waals surface area contributed by atoms with Gasteiger partial charge in [-0.2, -0.15) is 4.31 Å². The Hall–Kier alpha value is -1.97. The lowest BCUT2D eigenvalue weighted by Crippen LogP contribution is -2.45. The van der Waals surface area contributed by atoms with Gasteiger partial charge in [-0.3, -0.25) is 4.79 Å². The number of carbonyl (C=O) groups excluding carboxylic acids is 1. The Morgan fingerprint density at radius 1 is 1.17 bits per heavy atom. The van der Waals surface area contributed by atoms with Gasteiger partial charge in [-0.25, -0.2) is 13.4 Å². The highest BCUT2D eigenvalue weighted by Gasteiger charge is 2.33. The molecule has 2 aliphatic heterocycles. The van der Waals surface area contributed by atoms with Gasteiger partial charge in [0, 0.05) is 43.8 Å². The summed E-state index contributed by atoms with van der Waals surface area (Å²) in [4.78, 5) is 20.5. The van der Waals surface area contributed by atoms with Crippen LogP contribution in [0, 0.1) is 12.8 Å². The molecule has 4 heterocycles. The van der Waals surface area contributed by atoms with Crippen LogP contribution in [0.2, 0.25) is 0 Å². The van der Waals surface area contributed by atoms with E-state index >= 15 is 0 Å². The van der Waals surface area contributed by atoms with Crippen molar-refractivity contribution in [2.24, 2.45) is 5.92 Å². The van der Waals surface area contributed by atoms with Crippen molar-refractivity contribution in [2.45, 2.75) is 43.4 Å². The van der Waals surface area contributed by atoms with Crippen LogP contribution < -0.4 is 10.2 Å². The summed E-state index contributed by atoms with van der Waals surface area (Å²) in [6.07, 6.45) is 5.62. The van der Waals surface area contributed by atoms with Crippen LogP contribution in [0.1, 0.15) is 36.1 Å². The number of aromatic nitrogens is 1. The number of hydrogen-bond donors (Lipinski definition) is 1. The third kappa shape index (κ3) is 4.68. The van der Waals surface area contributed by atoms with Crippen molar-refractivity contribution in [3.05, 3.63) is 40.9 Å². The molecule has 0 aliphatic carbocycles. The van der Waals surface area contributed by atoms with E-state index in [-0.39, 0.29) is 18.4 Å². The molecule has 162 valence electrons. The predicted octanol–water partition coefficient (Wildman–Crippen LogP) is 2.77. The lowest BCUT2D eigenvalue weighted by atomic mass is 9.99. The molecular weight excluding hydrogens is 420 g/mol. The first-order chi connectivity index (χ1) is 14.4. The molecule has 2 aliphatic rings. The summed E-state index contributed by atoms with van der Waals surface area (Å²) in [6.45, 7) is 5.09. The fourth-order valence-electron chi connectivity index (χ4n) is 4.04. The van der Waals surface area contributed by atoms with Crippen LogP contribution in [0.4, 0.5) is 5.82 Å². The summed E-state index contributed by atoms with van der Waals surface area (Å²) in [5, 5.41) is 2.96. The van der Waals surface area contributed by atoms with Gasteiger partial charge in [-0.1, -0.05) is 6.07 Å². The van der Waals surface area contributed by atoms with Gasteiger partial charge >= 0.3 is 0 Å². The molecule has 0 spiro atoms. The van der Waals surface area contributed by atoms with E-state index in [1.165, 1.54) is 28.5 Å². The van der Waals surface area contributed by atoms with Crippen molar-refractivity contribution < 1.29 is 13.2 Å². The molecule has 2 aromatic rings. The van der Waals surface area contributed by atoms with E-state index in [1.807, 2.05) is 31.3 Å². The number of sulfonamides is 1. The monoisotopic (exact) mass is 448 g/mol. The molecule has 7 nitrogen and oxygen atoms in total. The average molecular weight is 449 g/mol. The van der Waals surface area contributed by atoms with E-state index in [1.54, 1.807) is 6.07 Å². The minimum Gasteiger partial charge on any atom is -0.357 e. The molecule has 1 atom stereocenters. The predicted molar refractivity (Wildman–Crippen MR) is 118 cm³/mol. The molecule has 1 amide bonds. The van der Waals surface area contributed by atoms with Crippen molar-refractivity contribution in [1.82, 2.24) is 14.6 Å². The van der Waals surface area contributed by atoms with Gasteiger partial charge in [0.15, 0.2) is 0 Å². The molecule has 2 aromatic heterocycles. The first kappa shape index (κ1) is 21.3. The first-order valence-corrected chi connectivity index (χ1v) is 12.7. The van der Waals surface area contributed by atoms with Crippen LogP contribution in [-0.2, 0) is 21.4 Å². The quantitative estimate of drug-likeness (QED) is 0.735. The summed E-state index contributed by atoms with van der Waals surface area (Å²) in [5.74, 6) is 0.562. The zero-order valence-electron chi connectivity index (χ0n) is 17.2. The van der Waals surface area contributed by atoms with Crippen LogP contribution >= 0.6 is 11.3 Å². The second-order valence-corrected chi connectivity index (χ2v) is 11.5. The van der Waals surface area contributed by atoms with Crippen LogP contribution in [0.25, 0.3) is 0 Å². The van der Waals surface area contributed by atoms with Crippen LogP contribution in [0.5, 0.6) is 0 Å². The van der Waals surface area contributed by atoms with Gasteiger partial charge in [0.2, 0.25) is 5.91 Å². The van der Waals surface area contributed by atoms with Crippen molar-refractivity contribution in [1.29, 1.82) is 0 Å². The molecule has 0 radical (unpaired) electrons. The lowest BCUT2D eigenvalue weighted by Gasteiger charge is -2.30. The normalized spacial score (nSPS) is 20.4. The van der Waals surface area contributed by atoms with E-state index in [9.17, 15) is 13.2 Å². The highest BCUT2D eigenvalue weighted by atomic mass is 32.2. The second-order valence-electron chi connectivity index (χ2n) is 8.00. The number of pyridine rings is 1. The number of nitrogens with zero attached hydrogens (tertiary/aromatic N) is 3. The smallest absolute Gasteiger partial charge is 0.252 e. The number of aryl methyl sites for hydroxylation is 1. The molecule has 9 heteroatoms. The SMILES string of the molecule is Cc1ccc(S(=O)(=O)N2CCC[C@H](C(=O)NCc3ccc(N4CCCC4)nc3)C2)s1. The Labute approximate surface area is 182 Å². The molecular formula is C21H28N4O3S2. The molecule has 0 bridgehead atoms. The van der Waals surface area contributed by atoms with Crippen LogP contribution in [0.3, 0.4) is 0 Å². The molecule has 1 N–H and O–H groups in total. The maximum atomic E-state index is 12.9. The van der Waals surface area contributed by atoms with Gasteiger partial charge in [-0.15, -0.1) is 11.3 Å². The Morgan fingerprint density at radius 3 is 2.63 bits per heavy atom.